The highest BCUT2D eigenvalue weighted by Crippen LogP contribution is 2.30. The van der Waals surface area contributed by atoms with Gasteiger partial charge in [0.1, 0.15) is 11.2 Å². The molecule has 1 rings (SSSR count). The second kappa shape index (κ2) is 7.77. The number of pyridine rings is 1. The van der Waals surface area contributed by atoms with Crippen molar-refractivity contribution in [2.75, 3.05) is 17.4 Å². The third-order valence-corrected chi connectivity index (χ3v) is 4.76. The number of nitrogens with zero attached hydrogens (tertiary/aromatic N) is 2. The van der Waals surface area contributed by atoms with Gasteiger partial charge in [-0.15, -0.1) is 11.8 Å². The van der Waals surface area contributed by atoms with Crippen LogP contribution in [-0.2, 0) is 0 Å². The lowest BCUT2D eigenvalue weighted by Gasteiger charge is -1.99. The average Bonchev–Trinajstić information content (AvgIpc) is 2.29. The molecular weight excluding hydrogens is 266 g/mol. The van der Waals surface area contributed by atoms with Crippen LogP contribution >= 0.6 is 33.3 Å². The van der Waals surface area contributed by atoms with Crippen molar-refractivity contribution in [1.82, 2.24) is 4.98 Å². The molecule has 0 spiro atoms. The molecule has 0 aliphatic carbocycles. The Labute approximate surface area is 106 Å². The highest BCUT2D eigenvalue weighted by atomic mass is 33.1. The van der Waals surface area contributed by atoms with E-state index >= 15 is 0 Å². The Morgan fingerprint density at radius 1 is 1.44 bits per heavy atom. The summed E-state index contributed by atoms with van der Waals surface area (Å²) in [5.74, 6) is 2.62. The van der Waals surface area contributed by atoms with Gasteiger partial charge in [0.05, 0.1) is 4.92 Å². The predicted octanol–water partition coefficient (Wildman–Crippen LogP) is 2.38. The molecule has 0 bridgehead atoms. The second-order valence-electron chi connectivity index (χ2n) is 2.59. The lowest BCUT2D eigenvalue weighted by Crippen LogP contribution is -1.94. The van der Waals surface area contributed by atoms with E-state index in [0.717, 1.165) is 16.5 Å². The Hall–Kier alpha value is -0.440. The van der Waals surface area contributed by atoms with Gasteiger partial charge in [0, 0.05) is 23.4 Å². The minimum Gasteiger partial charge on any atom is -0.322 e. The number of rotatable bonds is 7. The first kappa shape index (κ1) is 13.6. The van der Waals surface area contributed by atoms with E-state index in [2.05, 4.69) is 4.98 Å². The largest absolute Gasteiger partial charge is 0.322 e. The molecule has 0 amide bonds. The van der Waals surface area contributed by atoms with Crippen molar-refractivity contribution < 1.29 is 4.92 Å². The molecule has 0 aliphatic heterocycles. The fourth-order valence-corrected chi connectivity index (χ4v) is 3.66. The zero-order valence-electron chi connectivity index (χ0n) is 8.37. The normalized spacial score (nSPS) is 10.3. The van der Waals surface area contributed by atoms with Gasteiger partial charge in [-0.05, 0) is 16.9 Å². The van der Waals surface area contributed by atoms with Crippen LogP contribution < -0.4 is 5.73 Å². The summed E-state index contributed by atoms with van der Waals surface area (Å²) in [5.41, 5.74) is 5.36. The van der Waals surface area contributed by atoms with Gasteiger partial charge in [0.25, 0.3) is 5.69 Å². The van der Waals surface area contributed by atoms with Crippen molar-refractivity contribution in [2.45, 2.75) is 5.03 Å². The van der Waals surface area contributed by atoms with Crippen LogP contribution in [0.1, 0.15) is 0 Å². The Balaban J connectivity index is 2.29. The van der Waals surface area contributed by atoms with Crippen molar-refractivity contribution in [3.63, 3.8) is 0 Å². The lowest BCUT2D eigenvalue weighted by atomic mass is 10.4. The molecule has 0 radical (unpaired) electrons. The number of nitro groups is 1. The molecule has 0 aliphatic rings. The minimum absolute atomic E-state index is 0.0213. The second-order valence-corrected chi connectivity index (χ2v) is 6.18. The first-order valence-electron chi connectivity index (χ1n) is 4.41. The summed E-state index contributed by atoms with van der Waals surface area (Å²) in [6.07, 6.45) is 1.28. The molecule has 0 aromatic carbocycles. The van der Waals surface area contributed by atoms with E-state index in [1.165, 1.54) is 23.1 Å². The molecule has 5 nitrogen and oxygen atoms in total. The average molecular weight is 277 g/mol. The SMILES string of the molecule is NCSCCSSc1ccc([N+](=O)[O-])cn1. The zero-order chi connectivity index (χ0) is 11.8. The van der Waals surface area contributed by atoms with Gasteiger partial charge in [0.15, 0.2) is 0 Å². The number of thioether (sulfide) groups is 1. The first-order valence-corrected chi connectivity index (χ1v) is 7.89. The van der Waals surface area contributed by atoms with Crippen LogP contribution in [0.15, 0.2) is 23.4 Å². The van der Waals surface area contributed by atoms with Gasteiger partial charge in [-0.1, -0.05) is 10.8 Å². The van der Waals surface area contributed by atoms with E-state index < -0.39 is 4.92 Å². The molecule has 0 atom stereocenters. The fraction of sp³-hybridized carbons (Fsp3) is 0.375. The minimum atomic E-state index is -0.452. The maximum Gasteiger partial charge on any atom is 0.287 e. The Kier molecular flexibility index (Phi) is 6.62. The summed E-state index contributed by atoms with van der Waals surface area (Å²) >= 11 is 1.68. The molecule has 8 heteroatoms. The van der Waals surface area contributed by atoms with E-state index in [1.54, 1.807) is 28.6 Å². The Bertz CT molecular complexity index is 334. The monoisotopic (exact) mass is 277 g/mol. The van der Waals surface area contributed by atoms with Gasteiger partial charge in [-0.2, -0.15) is 0 Å². The number of nitrogens with two attached hydrogens (primary N) is 1. The van der Waals surface area contributed by atoms with Crippen molar-refractivity contribution in [1.29, 1.82) is 0 Å². The standard InChI is InChI=1S/C8H11N3O2S3/c9-6-14-3-4-15-16-8-2-1-7(5-10-8)11(12)13/h1-2,5H,3-4,6,9H2. The van der Waals surface area contributed by atoms with Crippen LogP contribution in [0.25, 0.3) is 0 Å². The molecule has 1 heterocycles. The molecule has 0 fully saturated rings. The van der Waals surface area contributed by atoms with E-state index in [0.29, 0.717) is 5.88 Å². The molecule has 88 valence electrons. The van der Waals surface area contributed by atoms with E-state index in [-0.39, 0.29) is 5.69 Å². The number of aromatic nitrogens is 1. The highest BCUT2D eigenvalue weighted by Gasteiger charge is 2.05. The van der Waals surface area contributed by atoms with Crippen LogP contribution in [0.3, 0.4) is 0 Å². The molecular formula is C8H11N3O2S3. The maximum atomic E-state index is 10.4. The molecule has 0 unspecified atom stereocenters. The molecule has 16 heavy (non-hydrogen) atoms. The van der Waals surface area contributed by atoms with Gasteiger partial charge in [-0.25, -0.2) is 4.98 Å². The quantitative estimate of drug-likeness (QED) is 0.269. The molecule has 1 aromatic heterocycles. The van der Waals surface area contributed by atoms with Crippen molar-refractivity contribution in [3.8, 4) is 0 Å². The van der Waals surface area contributed by atoms with Crippen LogP contribution in [0.2, 0.25) is 0 Å². The third kappa shape index (κ3) is 5.06. The lowest BCUT2D eigenvalue weighted by molar-refractivity contribution is -0.385. The van der Waals surface area contributed by atoms with Crippen molar-refractivity contribution >= 4 is 39.0 Å². The van der Waals surface area contributed by atoms with Gasteiger partial charge < -0.3 is 5.73 Å². The molecule has 1 aromatic rings. The zero-order valence-corrected chi connectivity index (χ0v) is 10.8. The van der Waals surface area contributed by atoms with Crippen LogP contribution in [-0.4, -0.2) is 27.3 Å². The molecule has 2 N–H and O–H groups in total. The van der Waals surface area contributed by atoms with Gasteiger partial charge in [-0.3, -0.25) is 10.1 Å². The fourth-order valence-electron chi connectivity index (χ4n) is 0.808. The Morgan fingerprint density at radius 3 is 2.81 bits per heavy atom. The van der Waals surface area contributed by atoms with Crippen molar-refractivity contribution in [2.24, 2.45) is 5.73 Å². The van der Waals surface area contributed by atoms with Crippen molar-refractivity contribution in [3.05, 3.63) is 28.4 Å². The number of hydrogen-bond donors (Lipinski definition) is 1. The summed E-state index contributed by atoms with van der Waals surface area (Å²) in [4.78, 5) is 13.9. The van der Waals surface area contributed by atoms with Crippen LogP contribution in [0.5, 0.6) is 0 Å². The summed E-state index contributed by atoms with van der Waals surface area (Å²) in [6, 6.07) is 3.12. The van der Waals surface area contributed by atoms with E-state index in [1.807, 2.05) is 0 Å². The first-order chi connectivity index (χ1) is 7.74. The predicted molar refractivity (Wildman–Crippen MR) is 70.7 cm³/mol. The van der Waals surface area contributed by atoms with Crippen LogP contribution in [0.4, 0.5) is 5.69 Å². The number of hydrogen-bond acceptors (Lipinski definition) is 7. The molecule has 0 saturated carbocycles. The smallest absolute Gasteiger partial charge is 0.287 e. The highest BCUT2D eigenvalue weighted by molar-refractivity contribution is 8.76. The summed E-state index contributed by atoms with van der Waals surface area (Å²) in [6.45, 7) is 0. The van der Waals surface area contributed by atoms with Gasteiger partial charge >= 0.3 is 0 Å². The topological polar surface area (TPSA) is 82.0 Å². The Morgan fingerprint density at radius 2 is 2.25 bits per heavy atom. The summed E-state index contributed by atoms with van der Waals surface area (Å²) in [7, 11) is 3.19. The van der Waals surface area contributed by atoms with Gasteiger partial charge in [0.2, 0.25) is 0 Å². The third-order valence-electron chi connectivity index (χ3n) is 1.50. The van der Waals surface area contributed by atoms with E-state index in [4.69, 9.17) is 5.73 Å². The molecule has 0 saturated heterocycles. The summed E-state index contributed by atoms with van der Waals surface area (Å²) in [5, 5.41) is 11.2. The maximum absolute atomic E-state index is 10.4. The summed E-state index contributed by atoms with van der Waals surface area (Å²) < 4.78 is 0. The van der Waals surface area contributed by atoms with Crippen LogP contribution in [0, 0.1) is 10.1 Å². The van der Waals surface area contributed by atoms with E-state index in [9.17, 15) is 10.1 Å².